The van der Waals surface area contributed by atoms with Gasteiger partial charge in [0.15, 0.2) is 0 Å². The van der Waals surface area contributed by atoms with Crippen LogP contribution in [0.25, 0.3) is 0 Å². The molecule has 4 N–H and O–H groups in total. The third-order valence-electron chi connectivity index (χ3n) is 5.27. The third kappa shape index (κ3) is 9.38. The molecule has 150 valence electrons. The van der Waals surface area contributed by atoms with Crippen LogP contribution in [0, 0.1) is 0 Å². The van der Waals surface area contributed by atoms with Gasteiger partial charge in [-0.05, 0) is 25.7 Å². The Bertz CT molecular complexity index is 407. The maximum atomic E-state index is 11.8. The van der Waals surface area contributed by atoms with E-state index in [9.17, 15) is 9.59 Å². The Hall–Kier alpha value is -1.34. The predicted molar refractivity (Wildman–Crippen MR) is 104 cm³/mol. The number of amides is 3. The molecular formula is C19H37N5O2. The lowest BCUT2D eigenvalue weighted by molar-refractivity contribution is -0.121. The SMILES string of the molecule is O=C(CCCCCNC(=O)NC1CCCCC1)NCCN1CCNCC1. The largest absolute Gasteiger partial charge is 0.355 e. The van der Waals surface area contributed by atoms with Crippen molar-refractivity contribution in [3.63, 3.8) is 0 Å². The molecule has 0 unspecified atom stereocenters. The number of nitrogens with one attached hydrogen (secondary N) is 4. The van der Waals surface area contributed by atoms with Crippen molar-refractivity contribution in [3.8, 4) is 0 Å². The predicted octanol–water partition coefficient (Wildman–Crippen LogP) is 1.20. The smallest absolute Gasteiger partial charge is 0.315 e. The van der Waals surface area contributed by atoms with Gasteiger partial charge in [-0.1, -0.05) is 25.7 Å². The number of urea groups is 1. The number of carbonyl (C=O) groups excluding carboxylic acids is 2. The average Bonchev–Trinajstić information content (AvgIpc) is 2.66. The van der Waals surface area contributed by atoms with E-state index >= 15 is 0 Å². The van der Waals surface area contributed by atoms with Gasteiger partial charge in [-0.15, -0.1) is 0 Å². The second-order valence-corrected chi connectivity index (χ2v) is 7.49. The van der Waals surface area contributed by atoms with Crippen LogP contribution in [0.1, 0.15) is 57.8 Å². The van der Waals surface area contributed by atoms with Gasteiger partial charge in [-0.25, -0.2) is 4.79 Å². The summed E-state index contributed by atoms with van der Waals surface area (Å²) in [7, 11) is 0. The molecule has 1 saturated carbocycles. The van der Waals surface area contributed by atoms with Gasteiger partial charge in [0.05, 0.1) is 0 Å². The standard InChI is InChI=1S/C19H37N5O2/c25-18(21-13-16-24-14-11-20-12-15-24)9-5-2-6-10-22-19(26)23-17-7-3-1-4-8-17/h17,20H,1-16H2,(H,21,25)(H2,22,23,26). The lowest BCUT2D eigenvalue weighted by atomic mass is 9.96. The van der Waals surface area contributed by atoms with Gasteiger partial charge in [0.1, 0.15) is 0 Å². The molecule has 7 heteroatoms. The van der Waals surface area contributed by atoms with Crippen molar-refractivity contribution in [3.05, 3.63) is 0 Å². The fourth-order valence-corrected chi connectivity index (χ4v) is 3.65. The van der Waals surface area contributed by atoms with Gasteiger partial charge in [0.25, 0.3) is 0 Å². The molecule has 0 aromatic rings. The number of nitrogens with zero attached hydrogens (tertiary/aromatic N) is 1. The van der Waals surface area contributed by atoms with Crippen LogP contribution in [0.5, 0.6) is 0 Å². The molecule has 0 aromatic carbocycles. The normalized spacial score (nSPS) is 19.1. The van der Waals surface area contributed by atoms with Crippen LogP contribution < -0.4 is 21.3 Å². The van der Waals surface area contributed by atoms with Crippen LogP contribution in [0.15, 0.2) is 0 Å². The van der Waals surface area contributed by atoms with Crippen LogP contribution in [0.4, 0.5) is 4.79 Å². The molecule has 0 spiro atoms. The molecule has 0 atom stereocenters. The zero-order valence-corrected chi connectivity index (χ0v) is 16.2. The third-order valence-corrected chi connectivity index (χ3v) is 5.27. The second kappa shape index (κ2) is 12.9. The maximum Gasteiger partial charge on any atom is 0.315 e. The topological polar surface area (TPSA) is 85.5 Å². The van der Waals surface area contributed by atoms with Crippen LogP contribution in [0.2, 0.25) is 0 Å². The highest BCUT2D eigenvalue weighted by Crippen LogP contribution is 2.17. The first-order valence-electron chi connectivity index (χ1n) is 10.5. The molecule has 7 nitrogen and oxygen atoms in total. The van der Waals surface area contributed by atoms with Gasteiger partial charge in [-0.2, -0.15) is 0 Å². The van der Waals surface area contributed by atoms with Crippen molar-refractivity contribution in [1.29, 1.82) is 0 Å². The highest BCUT2D eigenvalue weighted by atomic mass is 16.2. The van der Waals surface area contributed by atoms with Gasteiger partial charge in [0, 0.05) is 58.3 Å². The van der Waals surface area contributed by atoms with Crippen molar-refractivity contribution in [2.24, 2.45) is 0 Å². The summed E-state index contributed by atoms with van der Waals surface area (Å²) < 4.78 is 0. The summed E-state index contributed by atoms with van der Waals surface area (Å²) >= 11 is 0. The number of hydrogen-bond acceptors (Lipinski definition) is 4. The van der Waals surface area contributed by atoms with E-state index in [1.165, 1.54) is 19.3 Å². The summed E-state index contributed by atoms with van der Waals surface area (Å²) in [4.78, 5) is 26.0. The van der Waals surface area contributed by atoms with E-state index in [1.54, 1.807) is 0 Å². The molecular weight excluding hydrogens is 330 g/mol. The minimum atomic E-state index is -0.0393. The van der Waals surface area contributed by atoms with Crippen molar-refractivity contribution in [2.45, 2.75) is 63.8 Å². The van der Waals surface area contributed by atoms with Gasteiger partial charge in [0.2, 0.25) is 5.91 Å². The van der Waals surface area contributed by atoms with Gasteiger partial charge >= 0.3 is 6.03 Å². The Kier molecular flexibility index (Phi) is 10.4. The number of carbonyl (C=O) groups is 2. The van der Waals surface area contributed by atoms with Crippen LogP contribution in [-0.2, 0) is 4.79 Å². The Morgan fingerprint density at radius 3 is 2.46 bits per heavy atom. The van der Waals surface area contributed by atoms with Gasteiger partial charge in [-0.3, -0.25) is 9.69 Å². The Balaban J connectivity index is 1.37. The fourth-order valence-electron chi connectivity index (χ4n) is 3.65. The minimum absolute atomic E-state index is 0.0393. The molecule has 2 fully saturated rings. The van der Waals surface area contributed by atoms with E-state index in [-0.39, 0.29) is 11.9 Å². The Morgan fingerprint density at radius 2 is 1.69 bits per heavy atom. The highest BCUT2D eigenvalue weighted by Gasteiger charge is 2.15. The first-order valence-corrected chi connectivity index (χ1v) is 10.5. The molecule has 1 heterocycles. The summed E-state index contributed by atoms with van der Waals surface area (Å²) in [5.74, 6) is 0.142. The van der Waals surface area contributed by atoms with E-state index in [4.69, 9.17) is 0 Å². The van der Waals surface area contributed by atoms with Crippen LogP contribution in [-0.4, -0.2) is 68.7 Å². The Morgan fingerprint density at radius 1 is 0.923 bits per heavy atom. The molecule has 1 aliphatic heterocycles. The van der Waals surface area contributed by atoms with E-state index in [1.807, 2.05) is 0 Å². The maximum absolute atomic E-state index is 11.8. The van der Waals surface area contributed by atoms with E-state index in [0.29, 0.717) is 19.0 Å². The summed E-state index contributed by atoms with van der Waals surface area (Å²) in [5.41, 5.74) is 0. The fraction of sp³-hybridized carbons (Fsp3) is 0.895. The molecule has 1 saturated heterocycles. The van der Waals surface area contributed by atoms with E-state index in [2.05, 4.69) is 26.2 Å². The first-order chi connectivity index (χ1) is 12.7. The zero-order valence-electron chi connectivity index (χ0n) is 16.2. The lowest BCUT2D eigenvalue weighted by Crippen LogP contribution is -2.46. The average molecular weight is 368 g/mol. The van der Waals surface area contributed by atoms with E-state index < -0.39 is 0 Å². The van der Waals surface area contributed by atoms with Crippen molar-refractivity contribution in [2.75, 3.05) is 45.8 Å². The molecule has 0 bridgehead atoms. The lowest BCUT2D eigenvalue weighted by Gasteiger charge is -2.27. The second-order valence-electron chi connectivity index (χ2n) is 7.49. The molecule has 1 aliphatic carbocycles. The number of unbranched alkanes of at least 4 members (excludes halogenated alkanes) is 2. The monoisotopic (exact) mass is 367 g/mol. The quantitative estimate of drug-likeness (QED) is 0.437. The van der Waals surface area contributed by atoms with Crippen molar-refractivity contribution in [1.82, 2.24) is 26.2 Å². The summed E-state index contributed by atoms with van der Waals surface area (Å²) in [5, 5.41) is 12.3. The van der Waals surface area contributed by atoms with E-state index in [0.717, 1.165) is 71.4 Å². The zero-order chi connectivity index (χ0) is 18.5. The highest BCUT2D eigenvalue weighted by molar-refractivity contribution is 5.75. The molecule has 3 amide bonds. The number of piperazine rings is 1. The summed E-state index contributed by atoms with van der Waals surface area (Å²) in [6.45, 7) is 6.58. The molecule has 0 radical (unpaired) electrons. The first kappa shape index (κ1) is 21.0. The van der Waals surface area contributed by atoms with Crippen LogP contribution in [0.3, 0.4) is 0 Å². The number of hydrogen-bond donors (Lipinski definition) is 4. The molecule has 0 aromatic heterocycles. The number of rotatable bonds is 10. The minimum Gasteiger partial charge on any atom is -0.355 e. The van der Waals surface area contributed by atoms with Crippen LogP contribution >= 0.6 is 0 Å². The van der Waals surface area contributed by atoms with Crippen molar-refractivity contribution < 1.29 is 9.59 Å². The molecule has 2 aliphatic rings. The summed E-state index contributed by atoms with van der Waals surface area (Å²) in [6.07, 6.45) is 9.31. The van der Waals surface area contributed by atoms with Gasteiger partial charge < -0.3 is 21.3 Å². The summed E-state index contributed by atoms with van der Waals surface area (Å²) in [6, 6.07) is 0.316. The molecule has 2 rings (SSSR count). The molecule has 26 heavy (non-hydrogen) atoms. The van der Waals surface area contributed by atoms with Crippen molar-refractivity contribution >= 4 is 11.9 Å². The Labute approximate surface area is 158 Å².